The summed E-state index contributed by atoms with van der Waals surface area (Å²) in [5.41, 5.74) is 4.16. The van der Waals surface area contributed by atoms with Gasteiger partial charge >= 0.3 is 5.97 Å². The lowest BCUT2D eigenvalue weighted by Crippen LogP contribution is -2.41. The van der Waals surface area contributed by atoms with Gasteiger partial charge in [0.25, 0.3) is 5.91 Å². The maximum absolute atomic E-state index is 13.0. The number of aliphatic carboxylic acids is 1. The van der Waals surface area contributed by atoms with Crippen LogP contribution in [0, 0.1) is 11.3 Å². The Hall–Kier alpha value is -2.86. The molecule has 2 aromatic carbocycles. The van der Waals surface area contributed by atoms with Gasteiger partial charge in [-0.1, -0.05) is 58.9 Å². The van der Waals surface area contributed by atoms with E-state index in [-0.39, 0.29) is 11.8 Å². The third kappa shape index (κ3) is 9.79. The summed E-state index contributed by atoms with van der Waals surface area (Å²) >= 11 is 0. The Morgan fingerprint density at radius 2 is 1.82 bits per heavy atom. The lowest BCUT2D eigenvalue weighted by molar-refractivity contribution is -0.139. The van der Waals surface area contributed by atoms with E-state index in [1.54, 1.807) is 6.07 Å². The van der Waals surface area contributed by atoms with E-state index in [2.05, 4.69) is 55.3 Å². The van der Waals surface area contributed by atoms with E-state index in [1.807, 2.05) is 26.0 Å². The van der Waals surface area contributed by atoms with Crippen molar-refractivity contribution in [3.05, 3.63) is 64.7 Å². The number of hydrogen-bond donors (Lipinski definition) is 2. The first-order valence-electron chi connectivity index (χ1n) is 14.1. The Bertz CT molecular complexity index is 1070. The molecule has 6 heteroatoms. The van der Waals surface area contributed by atoms with Crippen LogP contribution in [0.25, 0.3) is 0 Å². The maximum Gasteiger partial charge on any atom is 0.326 e. The first-order valence-corrected chi connectivity index (χ1v) is 14.1. The number of carboxylic acids is 1. The summed E-state index contributed by atoms with van der Waals surface area (Å²) in [6.07, 6.45) is 5.41. The number of amides is 1. The van der Waals surface area contributed by atoms with Crippen molar-refractivity contribution in [2.45, 2.75) is 85.7 Å². The Kier molecular flexibility index (Phi) is 10.8. The van der Waals surface area contributed by atoms with Crippen molar-refractivity contribution in [2.75, 3.05) is 19.7 Å². The van der Waals surface area contributed by atoms with Gasteiger partial charge in [0.15, 0.2) is 0 Å². The molecule has 2 aromatic rings. The normalized spacial score (nSPS) is 16.2. The molecule has 0 saturated carbocycles. The number of benzene rings is 2. The predicted molar refractivity (Wildman–Crippen MR) is 153 cm³/mol. The summed E-state index contributed by atoms with van der Waals surface area (Å²) in [5.74, 6) is -0.440. The topological polar surface area (TPSA) is 78.9 Å². The molecule has 1 aliphatic rings. The number of hydrogen-bond acceptors (Lipinski definition) is 4. The molecule has 38 heavy (non-hydrogen) atoms. The van der Waals surface area contributed by atoms with E-state index in [9.17, 15) is 14.7 Å². The van der Waals surface area contributed by atoms with Gasteiger partial charge in [0.2, 0.25) is 0 Å². The smallest absolute Gasteiger partial charge is 0.326 e. The lowest BCUT2D eigenvalue weighted by atomic mass is 9.92. The SMILES string of the molecule is CC(C)C[C@H](NC(=O)c1ccc2c(c1)Cc1cccc(c1)CN(CCC(C)(C)C)CCCCCO2)C(=O)O. The van der Waals surface area contributed by atoms with E-state index in [0.717, 1.165) is 56.6 Å². The summed E-state index contributed by atoms with van der Waals surface area (Å²) in [4.78, 5) is 27.3. The van der Waals surface area contributed by atoms with Gasteiger partial charge in [-0.2, -0.15) is 0 Å². The first kappa shape index (κ1) is 29.7. The molecule has 0 aliphatic carbocycles. The van der Waals surface area contributed by atoms with Crippen molar-refractivity contribution in [1.29, 1.82) is 0 Å². The van der Waals surface area contributed by atoms with Gasteiger partial charge < -0.3 is 15.2 Å². The van der Waals surface area contributed by atoms with Crippen LogP contribution in [-0.4, -0.2) is 47.6 Å². The van der Waals surface area contributed by atoms with Gasteiger partial charge in [0.05, 0.1) is 6.61 Å². The quantitative estimate of drug-likeness (QED) is 0.446. The van der Waals surface area contributed by atoms with Crippen LogP contribution in [0.2, 0.25) is 0 Å². The number of ether oxygens (including phenoxy) is 1. The zero-order chi connectivity index (χ0) is 27.7. The Labute approximate surface area is 228 Å². The Balaban J connectivity index is 1.84. The second kappa shape index (κ2) is 13.8. The van der Waals surface area contributed by atoms with E-state index >= 15 is 0 Å². The minimum Gasteiger partial charge on any atom is -0.493 e. The van der Waals surface area contributed by atoms with E-state index < -0.39 is 12.0 Å². The van der Waals surface area contributed by atoms with Crippen molar-refractivity contribution in [3.8, 4) is 5.75 Å². The molecule has 1 atom stereocenters. The average molecular weight is 523 g/mol. The molecule has 0 saturated heterocycles. The zero-order valence-electron chi connectivity index (χ0n) is 23.9. The predicted octanol–water partition coefficient (Wildman–Crippen LogP) is 6.31. The van der Waals surface area contributed by atoms with Crippen molar-refractivity contribution < 1.29 is 19.4 Å². The number of rotatable bonds is 7. The van der Waals surface area contributed by atoms with Crippen molar-refractivity contribution in [1.82, 2.24) is 10.2 Å². The molecular weight excluding hydrogens is 476 g/mol. The van der Waals surface area contributed by atoms with Gasteiger partial charge in [-0.05, 0) is 91.4 Å². The minimum atomic E-state index is -1.01. The highest BCUT2D eigenvalue weighted by molar-refractivity contribution is 5.97. The van der Waals surface area contributed by atoms with Crippen LogP contribution >= 0.6 is 0 Å². The van der Waals surface area contributed by atoms with Gasteiger partial charge in [-0.25, -0.2) is 4.79 Å². The van der Waals surface area contributed by atoms with Crippen LogP contribution in [0.5, 0.6) is 5.75 Å². The van der Waals surface area contributed by atoms with E-state index in [0.29, 0.717) is 30.4 Å². The Morgan fingerprint density at radius 1 is 1.05 bits per heavy atom. The fraction of sp³-hybridized carbons (Fsp3) is 0.562. The van der Waals surface area contributed by atoms with Gasteiger partial charge in [0.1, 0.15) is 11.8 Å². The maximum atomic E-state index is 13.0. The number of fused-ring (bicyclic) bond motifs is 3. The molecule has 1 aliphatic heterocycles. The molecule has 3 rings (SSSR count). The van der Waals surface area contributed by atoms with Crippen LogP contribution in [0.3, 0.4) is 0 Å². The van der Waals surface area contributed by atoms with E-state index in [4.69, 9.17) is 4.74 Å². The molecular formula is C32H46N2O4. The van der Waals surface area contributed by atoms with Crippen molar-refractivity contribution in [3.63, 3.8) is 0 Å². The molecule has 0 spiro atoms. The minimum absolute atomic E-state index is 0.159. The lowest BCUT2D eigenvalue weighted by Gasteiger charge is -2.27. The molecule has 0 radical (unpaired) electrons. The number of carbonyl (C=O) groups is 2. The number of carboxylic acid groups (broad SMARTS) is 1. The van der Waals surface area contributed by atoms with Crippen LogP contribution < -0.4 is 10.1 Å². The largest absolute Gasteiger partial charge is 0.493 e. The van der Waals surface area contributed by atoms with Crippen molar-refractivity contribution >= 4 is 11.9 Å². The van der Waals surface area contributed by atoms with Crippen molar-refractivity contribution in [2.24, 2.45) is 11.3 Å². The number of nitrogens with one attached hydrogen (secondary N) is 1. The van der Waals surface area contributed by atoms with Gasteiger partial charge in [-0.15, -0.1) is 0 Å². The molecule has 0 fully saturated rings. The summed E-state index contributed by atoms with van der Waals surface area (Å²) in [6.45, 7) is 14.5. The molecule has 1 amide bonds. The highest BCUT2D eigenvalue weighted by Gasteiger charge is 2.22. The number of carbonyl (C=O) groups excluding carboxylic acids is 1. The molecule has 0 aromatic heterocycles. The standard InChI is InChI=1S/C32H46N2O4/c1-23(2)18-28(31(36)37)33-30(35)26-12-13-29-27(21-26)20-24-10-9-11-25(19-24)22-34(16-14-32(3,4)5)15-7-6-8-17-38-29/h9-13,19,21,23,28H,6-8,14-18,20,22H2,1-5H3,(H,33,35)(H,36,37)/t28-/m0/s1. The second-order valence-corrected chi connectivity index (χ2v) is 12.3. The van der Waals surface area contributed by atoms with Crippen LogP contribution in [-0.2, 0) is 17.8 Å². The molecule has 6 nitrogen and oxygen atoms in total. The monoisotopic (exact) mass is 522 g/mol. The summed E-state index contributed by atoms with van der Waals surface area (Å²) in [6, 6.07) is 13.2. The summed E-state index contributed by atoms with van der Waals surface area (Å²) in [7, 11) is 0. The molecule has 208 valence electrons. The number of nitrogens with zero attached hydrogens (tertiary/aromatic N) is 1. The van der Waals surface area contributed by atoms with Crippen LogP contribution in [0.4, 0.5) is 0 Å². The molecule has 0 unspecified atom stereocenters. The average Bonchev–Trinajstić information content (AvgIpc) is 2.83. The van der Waals surface area contributed by atoms with Gasteiger partial charge in [0, 0.05) is 18.5 Å². The Morgan fingerprint density at radius 3 is 2.53 bits per heavy atom. The highest BCUT2D eigenvalue weighted by Crippen LogP contribution is 2.26. The van der Waals surface area contributed by atoms with Crippen LogP contribution in [0.15, 0.2) is 42.5 Å². The third-order valence-corrected chi connectivity index (χ3v) is 6.98. The summed E-state index contributed by atoms with van der Waals surface area (Å²) < 4.78 is 6.19. The third-order valence-electron chi connectivity index (χ3n) is 6.98. The highest BCUT2D eigenvalue weighted by atomic mass is 16.5. The second-order valence-electron chi connectivity index (χ2n) is 12.3. The summed E-state index contributed by atoms with van der Waals surface area (Å²) in [5, 5.41) is 12.3. The first-order chi connectivity index (χ1) is 18.0. The molecule has 2 bridgehead atoms. The molecule has 2 N–H and O–H groups in total. The zero-order valence-corrected chi connectivity index (χ0v) is 23.9. The van der Waals surface area contributed by atoms with Crippen LogP contribution in [0.1, 0.15) is 93.8 Å². The van der Waals surface area contributed by atoms with E-state index in [1.165, 1.54) is 11.1 Å². The fourth-order valence-electron chi connectivity index (χ4n) is 4.81. The fourth-order valence-corrected chi connectivity index (χ4v) is 4.81. The molecule has 1 heterocycles. The van der Waals surface area contributed by atoms with Gasteiger partial charge in [-0.3, -0.25) is 9.69 Å².